The Hall–Kier alpha value is -1.43. The Morgan fingerprint density at radius 1 is 1.44 bits per heavy atom. The van der Waals surface area contributed by atoms with Gasteiger partial charge in [-0.25, -0.2) is 0 Å². The molecule has 0 spiro atoms. The molecule has 0 fully saturated rings. The van der Waals surface area contributed by atoms with Crippen LogP contribution in [-0.2, 0) is 11.3 Å². The van der Waals surface area contributed by atoms with Crippen molar-refractivity contribution in [3.05, 3.63) is 28.8 Å². The van der Waals surface area contributed by atoms with E-state index in [1.54, 1.807) is 6.92 Å². The Morgan fingerprint density at radius 2 is 2.11 bits per heavy atom. The number of halogens is 4. The molecule has 0 unspecified atom stereocenters. The third-order valence-corrected chi connectivity index (χ3v) is 2.28. The van der Waals surface area contributed by atoms with E-state index in [9.17, 15) is 18.0 Å². The van der Waals surface area contributed by atoms with Gasteiger partial charge in [0, 0.05) is 23.6 Å². The Kier molecular flexibility index (Phi) is 4.84. The van der Waals surface area contributed by atoms with Gasteiger partial charge in [0.1, 0.15) is 5.75 Å². The summed E-state index contributed by atoms with van der Waals surface area (Å²) in [5, 5.41) is 2.73. The SMILES string of the molecule is CCC(=O)NCc1cc(Cl)ccc1OC(F)(F)F. The smallest absolute Gasteiger partial charge is 0.405 e. The zero-order valence-corrected chi connectivity index (χ0v) is 10.2. The van der Waals surface area contributed by atoms with E-state index in [0.29, 0.717) is 0 Å². The molecule has 0 saturated heterocycles. The molecular formula is C11H11ClF3NO2. The molecule has 3 nitrogen and oxygen atoms in total. The number of carbonyl (C=O) groups excluding carboxylic acids is 1. The largest absolute Gasteiger partial charge is 0.573 e. The number of hydrogen-bond acceptors (Lipinski definition) is 2. The summed E-state index contributed by atoms with van der Waals surface area (Å²) in [5.41, 5.74) is 0.168. The van der Waals surface area contributed by atoms with Crippen LogP contribution in [0.2, 0.25) is 5.02 Å². The fourth-order valence-electron chi connectivity index (χ4n) is 1.23. The van der Waals surface area contributed by atoms with Crippen LogP contribution >= 0.6 is 11.6 Å². The topological polar surface area (TPSA) is 38.3 Å². The highest BCUT2D eigenvalue weighted by atomic mass is 35.5. The highest BCUT2D eigenvalue weighted by molar-refractivity contribution is 6.30. The van der Waals surface area contributed by atoms with E-state index in [-0.39, 0.29) is 35.2 Å². The van der Waals surface area contributed by atoms with Gasteiger partial charge in [-0.1, -0.05) is 18.5 Å². The second kappa shape index (κ2) is 5.95. The van der Waals surface area contributed by atoms with Gasteiger partial charge >= 0.3 is 6.36 Å². The van der Waals surface area contributed by atoms with Gasteiger partial charge in [0.25, 0.3) is 0 Å². The van der Waals surface area contributed by atoms with Crippen LogP contribution in [0, 0.1) is 0 Å². The third kappa shape index (κ3) is 4.83. The molecule has 1 aromatic rings. The van der Waals surface area contributed by atoms with E-state index >= 15 is 0 Å². The first kappa shape index (κ1) is 14.6. The lowest BCUT2D eigenvalue weighted by Crippen LogP contribution is -2.23. The fraction of sp³-hybridized carbons (Fsp3) is 0.364. The van der Waals surface area contributed by atoms with Gasteiger partial charge in [0.2, 0.25) is 5.91 Å². The zero-order chi connectivity index (χ0) is 13.8. The van der Waals surface area contributed by atoms with Crippen LogP contribution in [0.25, 0.3) is 0 Å². The third-order valence-electron chi connectivity index (χ3n) is 2.05. The molecule has 100 valence electrons. The quantitative estimate of drug-likeness (QED) is 0.920. The van der Waals surface area contributed by atoms with Gasteiger partial charge in [-0.2, -0.15) is 0 Å². The van der Waals surface area contributed by atoms with Crippen molar-refractivity contribution in [2.75, 3.05) is 0 Å². The molecule has 1 N–H and O–H groups in total. The molecule has 0 radical (unpaired) electrons. The van der Waals surface area contributed by atoms with Crippen LogP contribution in [0.15, 0.2) is 18.2 Å². The number of hydrogen-bond donors (Lipinski definition) is 1. The van der Waals surface area contributed by atoms with Gasteiger partial charge in [-0.15, -0.1) is 13.2 Å². The molecule has 18 heavy (non-hydrogen) atoms. The lowest BCUT2D eigenvalue weighted by atomic mass is 10.2. The summed E-state index contributed by atoms with van der Waals surface area (Å²) in [6.45, 7) is 1.57. The Morgan fingerprint density at radius 3 is 2.67 bits per heavy atom. The summed E-state index contributed by atoms with van der Waals surface area (Å²) in [6.07, 6.45) is -4.53. The van der Waals surface area contributed by atoms with Crippen molar-refractivity contribution >= 4 is 17.5 Å². The van der Waals surface area contributed by atoms with Gasteiger partial charge in [0.15, 0.2) is 0 Å². The minimum absolute atomic E-state index is 0.0708. The maximum Gasteiger partial charge on any atom is 0.573 e. The first-order chi connectivity index (χ1) is 8.31. The molecule has 1 rings (SSSR count). The second-order valence-electron chi connectivity index (χ2n) is 3.43. The molecule has 0 aromatic heterocycles. The Labute approximate surface area is 107 Å². The van der Waals surface area contributed by atoms with Crippen LogP contribution in [0.3, 0.4) is 0 Å². The van der Waals surface area contributed by atoms with Crippen molar-refractivity contribution in [3.8, 4) is 5.75 Å². The molecule has 0 atom stereocenters. The Balaban J connectivity index is 2.86. The van der Waals surface area contributed by atoms with Crippen molar-refractivity contribution in [1.82, 2.24) is 5.32 Å². The number of rotatable bonds is 4. The summed E-state index contributed by atoms with van der Waals surface area (Å²) < 4.78 is 40.3. The highest BCUT2D eigenvalue weighted by Gasteiger charge is 2.32. The normalized spacial score (nSPS) is 11.2. The first-order valence-electron chi connectivity index (χ1n) is 5.12. The average molecular weight is 282 g/mol. The number of benzene rings is 1. The van der Waals surface area contributed by atoms with Crippen molar-refractivity contribution in [3.63, 3.8) is 0 Å². The van der Waals surface area contributed by atoms with Crippen molar-refractivity contribution in [2.45, 2.75) is 26.3 Å². The van der Waals surface area contributed by atoms with E-state index in [0.717, 1.165) is 6.07 Å². The molecular weight excluding hydrogens is 271 g/mol. The molecule has 0 aliphatic rings. The molecule has 7 heteroatoms. The minimum atomic E-state index is -4.78. The fourth-order valence-corrected chi connectivity index (χ4v) is 1.42. The van der Waals surface area contributed by atoms with Crippen molar-refractivity contribution < 1.29 is 22.7 Å². The zero-order valence-electron chi connectivity index (χ0n) is 9.47. The molecule has 1 aromatic carbocycles. The maximum atomic E-state index is 12.1. The van der Waals surface area contributed by atoms with E-state index < -0.39 is 6.36 Å². The predicted molar refractivity (Wildman–Crippen MR) is 60.3 cm³/mol. The number of carbonyl (C=O) groups is 1. The lowest BCUT2D eigenvalue weighted by molar-refractivity contribution is -0.274. The average Bonchev–Trinajstić information content (AvgIpc) is 2.27. The van der Waals surface area contributed by atoms with Gasteiger partial charge in [0.05, 0.1) is 0 Å². The molecule has 0 heterocycles. The van der Waals surface area contributed by atoms with Crippen LogP contribution in [-0.4, -0.2) is 12.3 Å². The first-order valence-corrected chi connectivity index (χ1v) is 5.50. The van der Waals surface area contributed by atoms with Gasteiger partial charge in [-0.05, 0) is 18.2 Å². The van der Waals surface area contributed by atoms with Crippen molar-refractivity contribution in [2.24, 2.45) is 0 Å². The Bertz CT molecular complexity index is 435. The summed E-state index contributed by atoms with van der Waals surface area (Å²) in [4.78, 5) is 11.1. The van der Waals surface area contributed by atoms with Crippen LogP contribution in [0.4, 0.5) is 13.2 Å². The number of ether oxygens (including phenoxy) is 1. The standard InChI is InChI=1S/C11H11ClF3NO2/c1-2-10(17)16-6-7-5-8(12)3-4-9(7)18-11(13,14)15/h3-5H,2,6H2,1H3,(H,16,17). The molecule has 0 aliphatic carbocycles. The van der Waals surface area contributed by atoms with Crippen LogP contribution in [0.1, 0.15) is 18.9 Å². The van der Waals surface area contributed by atoms with Gasteiger partial charge in [-0.3, -0.25) is 4.79 Å². The van der Waals surface area contributed by atoms with E-state index in [4.69, 9.17) is 11.6 Å². The highest BCUT2D eigenvalue weighted by Crippen LogP contribution is 2.28. The van der Waals surface area contributed by atoms with Crippen LogP contribution < -0.4 is 10.1 Å². The summed E-state index contributed by atoms with van der Waals surface area (Å²) >= 11 is 5.69. The molecule has 0 aliphatic heterocycles. The molecule has 0 bridgehead atoms. The number of amides is 1. The summed E-state index contributed by atoms with van der Waals surface area (Å²) in [6, 6.07) is 3.72. The number of nitrogens with one attached hydrogen (secondary N) is 1. The molecule has 1 amide bonds. The lowest BCUT2D eigenvalue weighted by Gasteiger charge is -2.14. The monoisotopic (exact) mass is 281 g/mol. The maximum absolute atomic E-state index is 12.1. The molecule has 0 saturated carbocycles. The van der Waals surface area contributed by atoms with E-state index in [1.165, 1.54) is 12.1 Å². The summed E-state index contributed by atoms with van der Waals surface area (Å²) in [7, 11) is 0. The van der Waals surface area contributed by atoms with E-state index in [2.05, 4.69) is 10.1 Å². The number of alkyl halides is 3. The van der Waals surface area contributed by atoms with Crippen LogP contribution in [0.5, 0.6) is 5.75 Å². The van der Waals surface area contributed by atoms with Crippen molar-refractivity contribution in [1.29, 1.82) is 0 Å². The summed E-state index contributed by atoms with van der Waals surface area (Å²) in [5.74, 6) is -0.642. The van der Waals surface area contributed by atoms with E-state index in [1.807, 2.05) is 0 Å². The minimum Gasteiger partial charge on any atom is -0.405 e. The predicted octanol–water partition coefficient (Wildman–Crippen LogP) is 3.26. The van der Waals surface area contributed by atoms with Gasteiger partial charge < -0.3 is 10.1 Å². The second-order valence-corrected chi connectivity index (χ2v) is 3.87.